The maximum absolute atomic E-state index is 13.2. The van der Waals surface area contributed by atoms with Gasteiger partial charge in [-0.3, -0.25) is 19.1 Å². The number of aromatic nitrogens is 3. The summed E-state index contributed by atoms with van der Waals surface area (Å²) in [6, 6.07) is 4.97. The van der Waals surface area contributed by atoms with Gasteiger partial charge in [0.2, 0.25) is 0 Å². The number of ether oxygens (including phenoxy) is 2. The van der Waals surface area contributed by atoms with Crippen molar-refractivity contribution >= 4 is 40.6 Å². The van der Waals surface area contributed by atoms with Crippen LogP contribution in [-0.4, -0.2) is 41.3 Å². The highest BCUT2D eigenvalue weighted by atomic mass is 35.5. The Hall–Kier alpha value is -2.98. The number of nitrogens with zero attached hydrogens (tertiary/aromatic N) is 3. The fraction of sp³-hybridized carbons (Fsp3) is 0.238. The molecule has 0 aliphatic heterocycles. The Kier molecular flexibility index (Phi) is 7.81. The maximum atomic E-state index is 13.2. The van der Waals surface area contributed by atoms with Gasteiger partial charge in [-0.25, -0.2) is 4.98 Å². The maximum Gasteiger partial charge on any atom is 0.273 e. The zero-order valence-electron chi connectivity index (χ0n) is 17.4. The minimum absolute atomic E-state index is 0.183. The van der Waals surface area contributed by atoms with Gasteiger partial charge in [0.25, 0.3) is 11.5 Å². The van der Waals surface area contributed by atoms with Crippen LogP contribution >= 0.6 is 23.2 Å². The summed E-state index contributed by atoms with van der Waals surface area (Å²) in [7, 11) is 3.14. The predicted molar refractivity (Wildman–Crippen MR) is 123 cm³/mol. The lowest BCUT2D eigenvalue weighted by Crippen LogP contribution is -2.31. The molecule has 0 aliphatic rings. The Morgan fingerprint density at radius 2 is 1.84 bits per heavy atom. The van der Waals surface area contributed by atoms with Gasteiger partial charge in [-0.2, -0.15) is 0 Å². The third kappa shape index (κ3) is 5.25. The van der Waals surface area contributed by atoms with Crippen LogP contribution < -0.4 is 16.6 Å². The van der Waals surface area contributed by atoms with Crippen molar-refractivity contribution in [1.82, 2.24) is 14.5 Å². The Labute approximate surface area is 194 Å². The standard InChI is InChI=1S/C21H21Cl2N5O4/c1-31-4-3-12-5-14(9-25-8-12)27-20(29)17-19(24)26-11-28(21(17)30)18-15(22)6-13(10-32-2)7-16(18)23/h5-9,11H,3-4,10,24H2,1-2H3,(H,27,29). The van der Waals surface area contributed by atoms with E-state index in [2.05, 4.69) is 15.3 Å². The number of halogens is 2. The first kappa shape index (κ1) is 23.7. The van der Waals surface area contributed by atoms with E-state index in [1.54, 1.807) is 31.5 Å². The molecule has 2 aromatic heterocycles. The number of nitrogens with two attached hydrogens (primary N) is 1. The number of nitrogen functional groups attached to an aromatic ring is 1. The number of pyridine rings is 1. The number of rotatable bonds is 8. The largest absolute Gasteiger partial charge is 0.384 e. The molecule has 0 radical (unpaired) electrons. The van der Waals surface area contributed by atoms with Crippen molar-refractivity contribution in [2.24, 2.45) is 0 Å². The topological polar surface area (TPSA) is 121 Å². The third-order valence-corrected chi connectivity index (χ3v) is 5.08. The molecule has 0 saturated heterocycles. The summed E-state index contributed by atoms with van der Waals surface area (Å²) in [6.45, 7) is 0.795. The first-order valence-corrected chi connectivity index (χ1v) is 10.2. The van der Waals surface area contributed by atoms with Crippen LogP contribution in [0.1, 0.15) is 21.5 Å². The van der Waals surface area contributed by atoms with Crippen LogP contribution in [0.3, 0.4) is 0 Å². The molecular formula is C21H21Cl2N5O4. The number of methoxy groups -OCH3 is 2. The van der Waals surface area contributed by atoms with Crippen LogP contribution in [0.2, 0.25) is 10.0 Å². The van der Waals surface area contributed by atoms with E-state index in [4.69, 9.17) is 38.4 Å². The van der Waals surface area contributed by atoms with E-state index in [9.17, 15) is 9.59 Å². The van der Waals surface area contributed by atoms with Gasteiger partial charge in [-0.1, -0.05) is 23.2 Å². The van der Waals surface area contributed by atoms with Crippen molar-refractivity contribution < 1.29 is 14.3 Å². The summed E-state index contributed by atoms with van der Waals surface area (Å²) in [5, 5.41) is 3.02. The second-order valence-corrected chi connectivity index (χ2v) is 7.61. The Morgan fingerprint density at radius 1 is 1.12 bits per heavy atom. The summed E-state index contributed by atoms with van der Waals surface area (Å²) >= 11 is 12.7. The zero-order chi connectivity index (χ0) is 23.3. The van der Waals surface area contributed by atoms with Crippen molar-refractivity contribution in [3.8, 4) is 5.69 Å². The van der Waals surface area contributed by atoms with E-state index in [-0.39, 0.29) is 27.1 Å². The molecule has 9 nitrogen and oxygen atoms in total. The van der Waals surface area contributed by atoms with Crippen LogP contribution in [-0.2, 0) is 22.5 Å². The number of carbonyl (C=O) groups is 1. The Bertz CT molecular complexity index is 1180. The van der Waals surface area contributed by atoms with Crippen molar-refractivity contribution in [1.29, 1.82) is 0 Å². The molecule has 0 atom stereocenters. The van der Waals surface area contributed by atoms with Crippen LogP contribution in [0, 0.1) is 0 Å². The molecule has 2 heterocycles. The van der Waals surface area contributed by atoms with E-state index in [1.807, 2.05) is 0 Å². The van der Waals surface area contributed by atoms with Crippen LogP contribution in [0.5, 0.6) is 0 Å². The lowest BCUT2D eigenvalue weighted by Gasteiger charge is -2.14. The molecule has 0 fully saturated rings. The van der Waals surface area contributed by atoms with Gasteiger partial charge >= 0.3 is 0 Å². The van der Waals surface area contributed by atoms with Crippen LogP contribution in [0.15, 0.2) is 41.7 Å². The molecule has 168 valence electrons. The molecule has 0 bridgehead atoms. The monoisotopic (exact) mass is 477 g/mol. The molecule has 0 spiro atoms. The van der Waals surface area contributed by atoms with E-state index in [1.165, 1.54) is 19.6 Å². The van der Waals surface area contributed by atoms with Gasteiger partial charge < -0.3 is 20.5 Å². The fourth-order valence-corrected chi connectivity index (χ4v) is 3.76. The molecule has 11 heteroatoms. The Morgan fingerprint density at radius 3 is 2.50 bits per heavy atom. The molecule has 3 rings (SSSR count). The second kappa shape index (κ2) is 10.6. The van der Waals surface area contributed by atoms with Gasteiger partial charge in [0, 0.05) is 20.4 Å². The van der Waals surface area contributed by atoms with Gasteiger partial charge in [-0.05, 0) is 35.7 Å². The number of anilines is 2. The molecular weight excluding hydrogens is 457 g/mol. The molecule has 1 aromatic carbocycles. The molecule has 3 aromatic rings. The third-order valence-electron chi connectivity index (χ3n) is 4.50. The average Bonchev–Trinajstić information content (AvgIpc) is 2.74. The lowest BCUT2D eigenvalue weighted by atomic mass is 10.2. The van der Waals surface area contributed by atoms with Crippen LogP contribution in [0.4, 0.5) is 11.5 Å². The Balaban J connectivity index is 1.97. The molecule has 0 aliphatic carbocycles. The molecule has 0 saturated carbocycles. The highest BCUT2D eigenvalue weighted by Gasteiger charge is 2.21. The predicted octanol–water partition coefficient (Wildman–Crippen LogP) is 3.10. The normalized spacial score (nSPS) is 10.9. The van der Waals surface area contributed by atoms with Gasteiger partial charge in [-0.15, -0.1) is 0 Å². The highest BCUT2D eigenvalue weighted by molar-refractivity contribution is 6.37. The molecule has 1 amide bonds. The minimum Gasteiger partial charge on any atom is -0.384 e. The van der Waals surface area contributed by atoms with Crippen molar-refractivity contribution in [3.63, 3.8) is 0 Å². The number of nitrogens with one attached hydrogen (secondary N) is 1. The quantitative estimate of drug-likeness (QED) is 0.510. The lowest BCUT2D eigenvalue weighted by molar-refractivity contribution is 0.102. The summed E-state index contributed by atoms with van der Waals surface area (Å²) < 4.78 is 11.2. The number of benzene rings is 1. The molecule has 32 heavy (non-hydrogen) atoms. The van der Waals surface area contributed by atoms with Crippen molar-refractivity contribution in [3.05, 3.63) is 74.0 Å². The van der Waals surface area contributed by atoms with Gasteiger partial charge in [0.1, 0.15) is 17.7 Å². The number of hydrogen-bond donors (Lipinski definition) is 2. The van der Waals surface area contributed by atoms with Crippen molar-refractivity contribution in [2.75, 3.05) is 31.9 Å². The van der Waals surface area contributed by atoms with E-state index < -0.39 is 11.5 Å². The first-order chi connectivity index (χ1) is 15.3. The summed E-state index contributed by atoms with van der Waals surface area (Å²) in [5.41, 5.74) is 6.96. The van der Waals surface area contributed by atoms with E-state index in [0.29, 0.717) is 25.3 Å². The highest BCUT2D eigenvalue weighted by Crippen LogP contribution is 2.30. The minimum atomic E-state index is -0.733. The van der Waals surface area contributed by atoms with E-state index in [0.717, 1.165) is 15.7 Å². The van der Waals surface area contributed by atoms with Gasteiger partial charge in [0.15, 0.2) is 0 Å². The van der Waals surface area contributed by atoms with Crippen LogP contribution in [0.25, 0.3) is 5.69 Å². The summed E-state index contributed by atoms with van der Waals surface area (Å²) in [5.74, 6) is -0.959. The number of hydrogen-bond acceptors (Lipinski definition) is 7. The summed E-state index contributed by atoms with van der Waals surface area (Å²) in [4.78, 5) is 34.1. The fourth-order valence-electron chi connectivity index (χ4n) is 3.04. The summed E-state index contributed by atoms with van der Waals surface area (Å²) in [6.07, 6.45) is 4.91. The molecule has 3 N–H and O–H groups in total. The average molecular weight is 478 g/mol. The SMILES string of the molecule is COCCc1cncc(NC(=O)c2c(N)ncn(-c3c(Cl)cc(COC)cc3Cl)c2=O)c1. The second-order valence-electron chi connectivity index (χ2n) is 6.80. The van der Waals surface area contributed by atoms with Gasteiger partial charge in [0.05, 0.1) is 40.8 Å². The van der Waals surface area contributed by atoms with Crippen molar-refractivity contribution in [2.45, 2.75) is 13.0 Å². The molecule has 0 unspecified atom stereocenters. The van der Waals surface area contributed by atoms with E-state index >= 15 is 0 Å². The number of amides is 1. The zero-order valence-corrected chi connectivity index (χ0v) is 18.9. The first-order valence-electron chi connectivity index (χ1n) is 9.44. The smallest absolute Gasteiger partial charge is 0.273 e. The number of carbonyl (C=O) groups excluding carboxylic acids is 1.